The van der Waals surface area contributed by atoms with Crippen LogP contribution in [0.15, 0.2) is 141 Å². The number of nitrogens with two attached hydrogens (primary N) is 1. The summed E-state index contributed by atoms with van der Waals surface area (Å²) in [4.78, 5) is 31.5. The summed E-state index contributed by atoms with van der Waals surface area (Å²) >= 11 is 7.88. The van der Waals surface area contributed by atoms with Crippen molar-refractivity contribution in [1.29, 1.82) is 0 Å². The highest BCUT2D eigenvalue weighted by Crippen LogP contribution is 2.31. The van der Waals surface area contributed by atoms with Crippen molar-refractivity contribution >= 4 is 44.8 Å². The molecule has 17 heteroatoms. The highest BCUT2D eigenvalue weighted by molar-refractivity contribution is 9.10. The number of aromatic amines is 1. The Hall–Kier alpha value is -5.88. The van der Waals surface area contributed by atoms with Crippen LogP contribution < -0.4 is 5.73 Å². The van der Waals surface area contributed by atoms with E-state index in [4.69, 9.17) is 26.8 Å². The third-order valence-electron chi connectivity index (χ3n) is 10.8. The van der Waals surface area contributed by atoms with Gasteiger partial charge in [0, 0.05) is 54.4 Å². The first kappa shape index (κ1) is 73.4. The molecule has 3 aromatic carbocycles. The minimum atomic E-state index is -0.621. The molecule has 4 aromatic heterocycles. The van der Waals surface area contributed by atoms with Crippen molar-refractivity contribution in [3.8, 4) is 0 Å². The first-order valence-electron chi connectivity index (χ1n) is 22.6. The fraction of sp³-hybridized carbons (Fsp3) is 0.431. The molecule has 0 spiro atoms. The van der Waals surface area contributed by atoms with Crippen molar-refractivity contribution in [2.75, 3.05) is 6.54 Å². The molecule has 0 aliphatic carbocycles. The molecule has 2 saturated heterocycles. The first-order valence-corrected chi connectivity index (χ1v) is 23.9. The zero-order chi connectivity index (χ0) is 48.7. The summed E-state index contributed by atoms with van der Waals surface area (Å²) in [6, 6.07) is 30.3. The van der Waals surface area contributed by atoms with Crippen LogP contribution in [0.4, 0.5) is 0 Å². The van der Waals surface area contributed by atoms with Crippen LogP contribution in [-0.2, 0) is 38.7 Å². The molecular formula is C58H89BrClN9O6. The minimum Gasteiger partial charge on any atom is -0.387 e. The Bertz CT molecular complexity index is 2500. The number of halogens is 2. The van der Waals surface area contributed by atoms with E-state index in [1.54, 1.807) is 34.9 Å². The number of alkyl halides is 1. The monoisotopic (exact) mass is 1120 g/mol. The summed E-state index contributed by atoms with van der Waals surface area (Å²) in [6.07, 6.45) is 19.9. The van der Waals surface area contributed by atoms with Crippen molar-refractivity contribution in [3.05, 3.63) is 180 Å². The predicted molar refractivity (Wildman–Crippen MR) is 312 cm³/mol. The predicted octanol–water partition coefficient (Wildman–Crippen LogP) is 13.4. The van der Waals surface area contributed by atoms with Crippen LogP contribution in [-0.4, -0.2) is 85.5 Å². The van der Waals surface area contributed by atoms with Gasteiger partial charge in [0.25, 0.3) is 0 Å². The molecule has 6 unspecified atom stereocenters. The number of aldehydes is 1. The van der Waals surface area contributed by atoms with Gasteiger partial charge in [0.05, 0.1) is 79.2 Å². The number of ketones is 1. The maximum Gasteiger partial charge on any atom is 0.235 e. The molecule has 0 amide bonds. The summed E-state index contributed by atoms with van der Waals surface area (Å²) in [5.74, 6) is 0.193. The first-order chi connectivity index (χ1) is 32.9. The van der Waals surface area contributed by atoms with E-state index in [0.717, 1.165) is 36.8 Å². The lowest BCUT2D eigenvalue weighted by Crippen LogP contribution is -2.28. The van der Waals surface area contributed by atoms with Crippen molar-refractivity contribution in [1.82, 2.24) is 39.5 Å². The number of nitrogens with zero attached hydrogens (tertiary/aromatic N) is 7. The number of aliphatic hydroxyl groups is 1. The second-order valence-electron chi connectivity index (χ2n) is 16.3. The normalized spacial score (nSPS) is 16.7. The van der Waals surface area contributed by atoms with E-state index in [1.165, 1.54) is 35.1 Å². The van der Waals surface area contributed by atoms with Crippen molar-refractivity contribution in [2.45, 2.75) is 160 Å². The molecule has 75 heavy (non-hydrogen) atoms. The molecule has 2 aliphatic heterocycles. The fourth-order valence-corrected chi connectivity index (χ4v) is 7.05. The number of Topliss-reactive ketones (excluding diaryl/α,β-unsaturated/α-hetero) is 1. The third kappa shape index (κ3) is 26.0. The lowest BCUT2D eigenvalue weighted by molar-refractivity contribution is -0.141. The molecular weight excluding hydrogens is 1030 g/mol. The van der Waals surface area contributed by atoms with Crippen molar-refractivity contribution in [2.24, 2.45) is 5.73 Å². The van der Waals surface area contributed by atoms with Gasteiger partial charge in [-0.25, -0.2) is 0 Å². The van der Waals surface area contributed by atoms with E-state index in [2.05, 4.69) is 60.5 Å². The van der Waals surface area contributed by atoms with Crippen LogP contribution in [0.2, 0.25) is 0 Å². The Morgan fingerprint density at radius 1 is 0.733 bits per heavy atom. The van der Waals surface area contributed by atoms with Gasteiger partial charge in [0.1, 0.15) is 6.10 Å². The van der Waals surface area contributed by atoms with Gasteiger partial charge in [-0.05, 0) is 74.7 Å². The van der Waals surface area contributed by atoms with Crippen LogP contribution in [0.25, 0.3) is 0 Å². The molecule has 2 aliphatic rings. The summed E-state index contributed by atoms with van der Waals surface area (Å²) in [6.45, 7) is 8.01. The van der Waals surface area contributed by atoms with Gasteiger partial charge in [-0.2, -0.15) is 20.4 Å². The van der Waals surface area contributed by atoms with Gasteiger partial charge in [-0.1, -0.05) is 159 Å². The number of nitrogens with one attached hydrogen (secondary N) is 1. The maximum atomic E-state index is 11.5. The minimum absolute atomic E-state index is 0. The molecule has 0 bridgehead atoms. The third-order valence-corrected chi connectivity index (χ3v) is 11.8. The number of hydrogen-bond donors (Lipinski definition) is 3. The Labute approximate surface area is 462 Å². The molecule has 6 atom stereocenters. The standard InChI is InChI=1S/C16H18N2O2.C12H15N3O.C11H10N2O.C9H14N2O.C3H4BrClO.7CH4/c1-12-15(19)7-8-16(20-12)14-9-17-18(11-14)10-13-5-3-2-4-6-13;13-6-12(16)11-7-14-15(9-11)8-10-4-2-1-3-5-10;14-9-11-6-12-13(8-11)7-10-4-2-1-3-5-10;1-7-3-2-4-9(12-7)8-5-10-11-6-8;1-2(4)3(5)6;;;;;;;/h2-6,9,11-12,16H,7-8,10H2,1H3;1-5,7,9,12,16H,6,8,13H2;1-6,8-9H,7H2;5-7,9H,2-4H2,1H3,(H,10,11);2H,1H3;7*1H4. The Morgan fingerprint density at radius 2 is 1.21 bits per heavy atom. The van der Waals surface area contributed by atoms with Crippen LogP contribution in [0.3, 0.4) is 0 Å². The number of hydrogen-bond acceptors (Lipinski definition) is 11. The Morgan fingerprint density at radius 3 is 1.65 bits per heavy atom. The van der Waals surface area contributed by atoms with E-state index >= 15 is 0 Å². The van der Waals surface area contributed by atoms with Gasteiger partial charge >= 0.3 is 0 Å². The number of H-pyrrole nitrogens is 1. The number of carbonyl (C=O) groups is 3. The molecule has 0 saturated carbocycles. The SMILES string of the molecule is C.C.C.C.C.C.C.CC(Br)C(=O)Cl.CC1CCCC(c2cn[nH]c2)O1.CC1OC(c2cnn(Cc3ccccc3)c2)CCC1=O.NCC(O)c1cnn(Cc2ccccc2)c1.O=Cc1cnn(Cc2ccccc2)c1. The topological polar surface area (TPSA) is 198 Å². The van der Waals surface area contributed by atoms with E-state index in [0.29, 0.717) is 31.2 Å². The van der Waals surface area contributed by atoms with Crippen LogP contribution >= 0.6 is 27.5 Å². The highest BCUT2D eigenvalue weighted by Gasteiger charge is 2.28. The zero-order valence-corrected chi connectivity index (χ0v) is 41.0. The number of benzene rings is 3. The number of carbonyl (C=O) groups excluding carboxylic acids is 3. The van der Waals surface area contributed by atoms with Crippen LogP contribution in [0.1, 0.15) is 167 Å². The molecule has 7 aromatic rings. The Kier molecular flexibility index (Phi) is 38.7. The van der Waals surface area contributed by atoms with E-state index < -0.39 is 6.10 Å². The summed E-state index contributed by atoms with van der Waals surface area (Å²) in [5, 5.41) is 28.5. The van der Waals surface area contributed by atoms with E-state index in [1.807, 2.05) is 121 Å². The summed E-state index contributed by atoms with van der Waals surface area (Å²) in [5.41, 5.74) is 12.6. The smallest absolute Gasteiger partial charge is 0.235 e. The van der Waals surface area contributed by atoms with E-state index in [9.17, 15) is 19.5 Å². The zero-order valence-electron chi connectivity index (χ0n) is 38.6. The van der Waals surface area contributed by atoms with Gasteiger partial charge in [0.2, 0.25) is 5.24 Å². The lowest BCUT2D eigenvalue weighted by atomic mass is 10.0. The lowest BCUT2D eigenvalue weighted by Gasteiger charge is -2.26. The molecule has 9 rings (SSSR count). The fourth-order valence-electron chi connectivity index (χ4n) is 7.05. The molecule has 4 N–H and O–H groups in total. The molecule has 416 valence electrons. The maximum absolute atomic E-state index is 11.5. The number of aromatic nitrogens is 8. The van der Waals surface area contributed by atoms with Gasteiger partial charge in [0.15, 0.2) is 12.1 Å². The largest absolute Gasteiger partial charge is 0.387 e. The van der Waals surface area contributed by atoms with E-state index in [-0.39, 0.29) is 92.7 Å². The van der Waals surface area contributed by atoms with Crippen LogP contribution in [0.5, 0.6) is 0 Å². The number of rotatable bonds is 12. The van der Waals surface area contributed by atoms with Gasteiger partial charge in [-0.15, -0.1) is 0 Å². The quantitative estimate of drug-likeness (QED) is 0.0598. The summed E-state index contributed by atoms with van der Waals surface area (Å²) in [7, 11) is 0. The average molecular weight is 1120 g/mol. The second kappa shape index (κ2) is 39.5. The van der Waals surface area contributed by atoms with Crippen molar-refractivity contribution in [3.63, 3.8) is 0 Å². The number of aliphatic hydroxyl groups excluding tert-OH is 1. The van der Waals surface area contributed by atoms with Gasteiger partial charge < -0.3 is 20.3 Å². The number of ether oxygens (including phenoxy) is 2. The van der Waals surface area contributed by atoms with Crippen LogP contribution in [0, 0.1) is 0 Å². The molecule has 6 heterocycles. The van der Waals surface area contributed by atoms with Gasteiger partial charge in [-0.3, -0.25) is 33.5 Å². The van der Waals surface area contributed by atoms with Crippen molar-refractivity contribution < 1.29 is 29.0 Å². The summed E-state index contributed by atoms with van der Waals surface area (Å²) < 4.78 is 17.0. The average Bonchev–Trinajstić information content (AvgIpc) is 4.22. The molecule has 0 radical (unpaired) electrons. The Balaban J connectivity index is -0.000000873. The molecule has 15 nitrogen and oxygen atoms in total. The molecule has 2 fully saturated rings. The second-order valence-corrected chi connectivity index (χ2v) is 18.1. The highest BCUT2D eigenvalue weighted by atomic mass is 79.9.